The number of thiophene rings is 1. The SMILES string of the molecule is Cc1ccc(Cc2nnc(NC(=O)C3CCCCN3S(=O)(=O)c3ccc(Cl)s3)o2)cc1. The maximum atomic E-state index is 13.0. The molecule has 3 heterocycles. The lowest BCUT2D eigenvalue weighted by Gasteiger charge is -2.32. The molecule has 1 fully saturated rings. The quantitative estimate of drug-likeness (QED) is 0.574. The van der Waals surface area contributed by atoms with Gasteiger partial charge in [0.05, 0.1) is 10.8 Å². The minimum atomic E-state index is -3.83. The van der Waals surface area contributed by atoms with Crippen molar-refractivity contribution in [1.82, 2.24) is 14.5 Å². The number of halogens is 1. The average Bonchev–Trinajstić information content (AvgIpc) is 3.39. The van der Waals surface area contributed by atoms with Crippen molar-refractivity contribution in [2.24, 2.45) is 0 Å². The third-order valence-electron chi connectivity index (χ3n) is 5.04. The van der Waals surface area contributed by atoms with Crippen LogP contribution >= 0.6 is 22.9 Å². The molecule has 1 amide bonds. The van der Waals surface area contributed by atoms with E-state index < -0.39 is 22.0 Å². The number of piperidine rings is 1. The Kier molecular flexibility index (Phi) is 6.42. The van der Waals surface area contributed by atoms with Gasteiger partial charge in [0, 0.05) is 6.54 Å². The van der Waals surface area contributed by atoms with Gasteiger partial charge in [0.1, 0.15) is 10.3 Å². The van der Waals surface area contributed by atoms with Crippen LogP contribution in [-0.4, -0.2) is 41.4 Å². The van der Waals surface area contributed by atoms with Crippen LogP contribution in [0.1, 0.15) is 36.3 Å². The molecule has 1 aliphatic rings. The van der Waals surface area contributed by atoms with E-state index in [1.807, 2.05) is 31.2 Å². The molecule has 3 aromatic rings. The number of amides is 1. The Morgan fingerprint density at radius 1 is 1.23 bits per heavy atom. The summed E-state index contributed by atoms with van der Waals surface area (Å²) in [5.41, 5.74) is 2.16. The zero-order chi connectivity index (χ0) is 22.0. The maximum Gasteiger partial charge on any atom is 0.322 e. The molecular weight excluding hydrogens is 460 g/mol. The predicted octanol–water partition coefficient (Wildman–Crippen LogP) is 3.87. The molecule has 8 nitrogen and oxygen atoms in total. The second kappa shape index (κ2) is 9.07. The average molecular weight is 481 g/mol. The number of rotatable bonds is 6. The second-order valence-corrected chi connectivity index (χ2v) is 11.2. The van der Waals surface area contributed by atoms with E-state index in [-0.39, 0.29) is 16.8 Å². The number of hydrogen-bond donors (Lipinski definition) is 1. The summed E-state index contributed by atoms with van der Waals surface area (Å²) < 4.78 is 33.4. The predicted molar refractivity (Wildman–Crippen MR) is 118 cm³/mol. The Bertz CT molecular complexity index is 1170. The number of aryl methyl sites for hydroxylation is 1. The number of nitrogens with one attached hydrogen (secondary N) is 1. The van der Waals surface area contributed by atoms with E-state index in [9.17, 15) is 13.2 Å². The molecule has 2 aromatic heterocycles. The Morgan fingerprint density at radius 3 is 2.71 bits per heavy atom. The largest absolute Gasteiger partial charge is 0.407 e. The molecule has 0 aliphatic carbocycles. The van der Waals surface area contributed by atoms with Gasteiger partial charge >= 0.3 is 6.01 Å². The van der Waals surface area contributed by atoms with Crippen molar-refractivity contribution in [3.8, 4) is 0 Å². The van der Waals surface area contributed by atoms with Crippen molar-refractivity contribution in [2.45, 2.75) is 42.9 Å². The summed E-state index contributed by atoms with van der Waals surface area (Å²) in [6, 6.07) is 10.0. The molecule has 1 atom stereocenters. The molecule has 11 heteroatoms. The van der Waals surface area contributed by atoms with Crippen LogP contribution in [0.15, 0.2) is 45.0 Å². The lowest BCUT2D eigenvalue weighted by molar-refractivity contribution is -0.120. The highest BCUT2D eigenvalue weighted by atomic mass is 35.5. The molecule has 1 unspecified atom stereocenters. The van der Waals surface area contributed by atoms with Gasteiger partial charge in [-0.05, 0) is 37.5 Å². The topological polar surface area (TPSA) is 105 Å². The number of nitrogens with zero attached hydrogens (tertiary/aromatic N) is 3. The lowest BCUT2D eigenvalue weighted by Crippen LogP contribution is -2.49. The first-order valence-corrected chi connectivity index (χ1v) is 12.4. The van der Waals surface area contributed by atoms with Gasteiger partial charge in [-0.1, -0.05) is 52.9 Å². The molecule has 1 N–H and O–H groups in total. The monoisotopic (exact) mass is 480 g/mol. The number of benzene rings is 1. The highest BCUT2D eigenvalue weighted by Crippen LogP contribution is 2.32. The summed E-state index contributed by atoms with van der Waals surface area (Å²) in [5.74, 6) is -0.128. The Labute approximate surface area is 189 Å². The first-order valence-electron chi connectivity index (χ1n) is 9.79. The van der Waals surface area contributed by atoms with Gasteiger partial charge in [0.2, 0.25) is 11.8 Å². The molecule has 1 aromatic carbocycles. The molecule has 164 valence electrons. The summed E-state index contributed by atoms with van der Waals surface area (Å²) in [6.07, 6.45) is 2.28. The third-order valence-corrected chi connectivity index (χ3v) is 8.65. The van der Waals surface area contributed by atoms with Gasteiger partial charge in [0.25, 0.3) is 10.0 Å². The fraction of sp³-hybridized carbons (Fsp3) is 0.350. The van der Waals surface area contributed by atoms with Crippen molar-refractivity contribution < 1.29 is 17.6 Å². The minimum Gasteiger partial charge on any atom is -0.407 e. The zero-order valence-electron chi connectivity index (χ0n) is 16.7. The smallest absolute Gasteiger partial charge is 0.322 e. The van der Waals surface area contributed by atoms with Crippen LogP contribution in [0.4, 0.5) is 6.01 Å². The summed E-state index contributed by atoms with van der Waals surface area (Å²) >= 11 is 6.88. The van der Waals surface area contributed by atoms with Gasteiger partial charge in [-0.15, -0.1) is 16.4 Å². The fourth-order valence-electron chi connectivity index (χ4n) is 3.45. The summed E-state index contributed by atoms with van der Waals surface area (Å²) in [7, 11) is -3.83. The molecule has 0 bridgehead atoms. The number of carbonyl (C=O) groups excluding carboxylic acids is 1. The van der Waals surface area contributed by atoms with Crippen molar-refractivity contribution >= 4 is 44.9 Å². The van der Waals surface area contributed by atoms with Crippen molar-refractivity contribution in [3.63, 3.8) is 0 Å². The normalized spacial score (nSPS) is 17.5. The molecule has 0 spiro atoms. The standard InChI is InChI=1S/C20H21ClN4O4S2/c1-13-5-7-14(8-6-13)12-17-23-24-20(29-17)22-19(26)15-4-2-3-11-25(15)31(27,28)18-10-9-16(21)30-18/h5-10,15H,2-4,11-12H2,1H3,(H,22,24,26). The van der Waals surface area contributed by atoms with Gasteiger partial charge in [0.15, 0.2) is 0 Å². The maximum absolute atomic E-state index is 13.0. The van der Waals surface area contributed by atoms with Crippen LogP contribution in [0.5, 0.6) is 0 Å². The molecular formula is C20H21ClN4O4S2. The molecule has 0 saturated carbocycles. The highest BCUT2D eigenvalue weighted by Gasteiger charge is 2.38. The van der Waals surface area contributed by atoms with Crippen molar-refractivity contribution in [3.05, 3.63) is 57.8 Å². The van der Waals surface area contributed by atoms with E-state index in [2.05, 4.69) is 15.5 Å². The van der Waals surface area contributed by atoms with Crippen LogP contribution < -0.4 is 5.32 Å². The van der Waals surface area contributed by atoms with Crippen molar-refractivity contribution in [1.29, 1.82) is 0 Å². The Morgan fingerprint density at radius 2 is 2.00 bits per heavy atom. The second-order valence-electron chi connectivity index (χ2n) is 7.34. The molecule has 1 saturated heterocycles. The van der Waals surface area contributed by atoms with Gasteiger partial charge in [-0.25, -0.2) is 8.42 Å². The minimum absolute atomic E-state index is 0.0470. The van der Waals surface area contributed by atoms with Crippen LogP contribution in [0, 0.1) is 6.92 Å². The Hall–Kier alpha value is -2.27. The number of aromatic nitrogens is 2. The first kappa shape index (κ1) is 21.9. The van der Waals surface area contributed by atoms with Gasteiger partial charge in [-0.2, -0.15) is 4.31 Å². The van der Waals surface area contributed by atoms with Crippen LogP contribution in [0.3, 0.4) is 0 Å². The summed E-state index contributed by atoms with van der Waals surface area (Å²) in [5, 5.41) is 10.4. The summed E-state index contributed by atoms with van der Waals surface area (Å²) in [4.78, 5) is 12.9. The molecule has 1 aliphatic heterocycles. The molecule has 4 rings (SSSR count). The first-order chi connectivity index (χ1) is 14.8. The van der Waals surface area contributed by atoms with E-state index in [1.165, 1.54) is 16.4 Å². The highest BCUT2D eigenvalue weighted by molar-refractivity contribution is 7.91. The number of anilines is 1. The van der Waals surface area contributed by atoms with Gasteiger partial charge in [-0.3, -0.25) is 10.1 Å². The molecule has 0 radical (unpaired) electrons. The number of sulfonamides is 1. The van der Waals surface area contributed by atoms with E-state index >= 15 is 0 Å². The van der Waals surface area contributed by atoms with Crippen LogP contribution in [-0.2, 0) is 21.2 Å². The van der Waals surface area contributed by atoms with E-state index in [0.717, 1.165) is 28.9 Å². The van der Waals surface area contributed by atoms with E-state index in [1.54, 1.807) is 0 Å². The van der Waals surface area contributed by atoms with Crippen molar-refractivity contribution in [2.75, 3.05) is 11.9 Å². The number of carbonyl (C=O) groups is 1. The number of hydrogen-bond acceptors (Lipinski definition) is 7. The van der Waals surface area contributed by atoms with E-state index in [4.69, 9.17) is 16.0 Å². The van der Waals surface area contributed by atoms with Gasteiger partial charge < -0.3 is 4.42 Å². The summed E-state index contributed by atoms with van der Waals surface area (Å²) in [6.45, 7) is 2.27. The van der Waals surface area contributed by atoms with E-state index in [0.29, 0.717) is 29.5 Å². The molecule has 31 heavy (non-hydrogen) atoms. The zero-order valence-corrected chi connectivity index (χ0v) is 19.1. The Balaban J connectivity index is 1.47. The lowest BCUT2D eigenvalue weighted by atomic mass is 10.0. The third kappa shape index (κ3) is 4.98. The fourth-order valence-corrected chi connectivity index (χ4v) is 6.72. The van der Waals surface area contributed by atoms with Crippen LogP contribution in [0.2, 0.25) is 4.34 Å². The van der Waals surface area contributed by atoms with Crippen LogP contribution in [0.25, 0.3) is 0 Å².